The highest BCUT2D eigenvalue weighted by Gasteiger charge is 2.33. The maximum atomic E-state index is 13.2. The van der Waals surface area contributed by atoms with Crippen molar-refractivity contribution in [3.8, 4) is 23.0 Å². The van der Waals surface area contributed by atoms with Crippen LogP contribution >= 0.6 is 23.2 Å². The first-order chi connectivity index (χ1) is 17.4. The van der Waals surface area contributed by atoms with Crippen molar-refractivity contribution in [2.24, 2.45) is 0 Å². The summed E-state index contributed by atoms with van der Waals surface area (Å²) in [5, 5.41) is 0.979. The number of allylic oxidation sites excluding steroid dienone is 1. The number of fused-ring (bicyclic) bond motifs is 2. The summed E-state index contributed by atoms with van der Waals surface area (Å²) in [6, 6.07) is 12.9. The van der Waals surface area contributed by atoms with Crippen molar-refractivity contribution >= 4 is 35.1 Å². The SMILES string of the molecule is COc1ccc(CCN2COc3c(cc4c(c3C)O/C(=C\c3ccc(Cl)cc3Cl)C4=O)C2)cc1OC. The number of hydrogen-bond donors (Lipinski definition) is 0. The Morgan fingerprint density at radius 2 is 1.83 bits per heavy atom. The van der Waals surface area contributed by atoms with Crippen LogP contribution in [-0.2, 0) is 13.0 Å². The van der Waals surface area contributed by atoms with Crippen LogP contribution in [0.15, 0.2) is 48.2 Å². The van der Waals surface area contributed by atoms with Crippen LogP contribution in [0.4, 0.5) is 0 Å². The molecule has 36 heavy (non-hydrogen) atoms. The third kappa shape index (κ3) is 4.64. The van der Waals surface area contributed by atoms with Gasteiger partial charge in [-0.15, -0.1) is 0 Å². The van der Waals surface area contributed by atoms with Crippen LogP contribution in [0.3, 0.4) is 0 Å². The quantitative estimate of drug-likeness (QED) is 0.350. The van der Waals surface area contributed by atoms with Gasteiger partial charge in [0.2, 0.25) is 5.78 Å². The molecule has 6 nitrogen and oxygen atoms in total. The molecule has 2 aliphatic rings. The fraction of sp³-hybridized carbons (Fsp3) is 0.250. The van der Waals surface area contributed by atoms with Gasteiger partial charge in [0.15, 0.2) is 17.3 Å². The van der Waals surface area contributed by atoms with Gasteiger partial charge < -0.3 is 18.9 Å². The van der Waals surface area contributed by atoms with Crippen molar-refractivity contribution < 1.29 is 23.7 Å². The molecule has 0 spiro atoms. The monoisotopic (exact) mass is 525 g/mol. The van der Waals surface area contributed by atoms with Crippen LogP contribution in [-0.4, -0.2) is 38.2 Å². The van der Waals surface area contributed by atoms with Crippen LogP contribution in [0, 0.1) is 6.92 Å². The van der Waals surface area contributed by atoms with Gasteiger partial charge in [-0.2, -0.15) is 0 Å². The molecule has 0 N–H and O–H groups in total. The standard InChI is InChI=1S/C28H25Cl2NO5/c1-16-27-19(14-31(15-35-27)9-8-17-4-7-23(33-2)24(10-17)34-3)11-21-26(32)25(36-28(16)21)12-18-5-6-20(29)13-22(18)30/h4-7,10-13H,8-9,14-15H2,1-3H3/b25-12-. The number of benzene rings is 3. The van der Waals surface area contributed by atoms with Crippen LogP contribution in [0.25, 0.3) is 6.08 Å². The number of nitrogens with zero attached hydrogens (tertiary/aromatic N) is 1. The fourth-order valence-corrected chi connectivity index (χ4v) is 4.99. The van der Waals surface area contributed by atoms with E-state index in [-0.39, 0.29) is 11.5 Å². The molecule has 2 aliphatic heterocycles. The Bertz CT molecular complexity index is 1380. The van der Waals surface area contributed by atoms with Gasteiger partial charge in [-0.05, 0) is 60.9 Å². The summed E-state index contributed by atoms with van der Waals surface area (Å²) in [6.45, 7) is 3.83. The van der Waals surface area contributed by atoms with Crippen molar-refractivity contribution in [3.05, 3.63) is 86.1 Å². The minimum Gasteiger partial charge on any atom is -0.493 e. The maximum Gasteiger partial charge on any atom is 0.231 e. The number of methoxy groups -OCH3 is 2. The van der Waals surface area contributed by atoms with E-state index in [4.69, 9.17) is 42.1 Å². The van der Waals surface area contributed by atoms with Gasteiger partial charge in [-0.1, -0.05) is 35.3 Å². The summed E-state index contributed by atoms with van der Waals surface area (Å²) in [7, 11) is 3.26. The zero-order chi connectivity index (χ0) is 25.4. The summed E-state index contributed by atoms with van der Waals surface area (Å²) in [5.41, 5.74) is 4.13. The predicted molar refractivity (Wildman–Crippen MR) is 140 cm³/mol. The number of rotatable bonds is 6. The molecule has 186 valence electrons. The zero-order valence-electron chi connectivity index (χ0n) is 20.2. The van der Waals surface area contributed by atoms with Gasteiger partial charge in [-0.25, -0.2) is 0 Å². The number of hydrogen-bond acceptors (Lipinski definition) is 6. The highest BCUT2D eigenvalue weighted by Crippen LogP contribution is 2.43. The number of carbonyl (C=O) groups excluding carboxylic acids is 1. The maximum absolute atomic E-state index is 13.2. The Labute approximate surface area is 219 Å². The molecule has 0 aliphatic carbocycles. The summed E-state index contributed by atoms with van der Waals surface area (Å²) >= 11 is 12.3. The van der Waals surface area contributed by atoms with Crippen molar-refractivity contribution in [3.63, 3.8) is 0 Å². The molecule has 0 amide bonds. The third-order valence-electron chi connectivity index (χ3n) is 6.42. The molecule has 0 saturated heterocycles. The number of halogens is 2. The van der Waals surface area contributed by atoms with Crippen molar-refractivity contribution in [2.45, 2.75) is 19.9 Å². The topological polar surface area (TPSA) is 57.2 Å². The second-order valence-corrected chi connectivity index (χ2v) is 9.58. The lowest BCUT2D eigenvalue weighted by atomic mass is 10.00. The minimum atomic E-state index is -0.177. The first-order valence-electron chi connectivity index (χ1n) is 11.5. The van der Waals surface area contributed by atoms with Crippen LogP contribution in [0.5, 0.6) is 23.0 Å². The molecule has 2 heterocycles. The molecular weight excluding hydrogens is 501 g/mol. The average molecular weight is 526 g/mol. The number of Topliss-reactive ketones (excluding diaryl/α,β-unsaturated/α-hetero) is 1. The summed E-state index contributed by atoms with van der Waals surface area (Å²) in [4.78, 5) is 15.4. The van der Waals surface area contributed by atoms with E-state index in [1.807, 2.05) is 31.2 Å². The smallest absolute Gasteiger partial charge is 0.231 e. The lowest BCUT2D eigenvalue weighted by Crippen LogP contribution is -2.34. The van der Waals surface area contributed by atoms with E-state index < -0.39 is 0 Å². The second-order valence-electron chi connectivity index (χ2n) is 8.74. The molecule has 0 unspecified atom stereocenters. The Kier molecular flexibility index (Phi) is 6.84. The van der Waals surface area contributed by atoms with Crippen LogP contribution in [0.2, 0.25) is 10.0 Å². The molecule has 0 radical (unpaired) electrons. The van der Waals surface area contributed by atoms with E-state index in [0.717, 1.165) is 35.4 Å². The predicted octanol–water partition coefficient (Wildman–Crippen LogP) is 6.33. The molecule has 0 atom stereocenters. The van der Waals surface area contributed by atoms with Gasteiger partial charge in [-0.3, -0.25) is 9.69 Å². The number of carbonyl (C=O) groups is 1. The molecule has 8 heteroatoms. The summed E-state index contributed by atoms with van der Waals surface area (Å²) < 4.78 is 22.8. The van der Waals surface area contributed by atoms with Gasteiger partial charge in [0.1, 0.15) is 18.2 Å². The second kappa shape index (κ2) is 10.1. The third-order valence-corrected chi connectivity index (χ3v) is 6.98. The van der Waals surface area contributed by atoms with Gasteiger partial charge in [0, 0.05) is 34.3 Å². The molecule has 0 saturated carbocycles. The van der Waals surface area contributed by atoms with Gasteiger partial charge in [0.05, 0.1) is 19.8 Å². The Morgan fingerprint density at radius 1 is 1.03 bits per heavy atom. The number of ether oxygens (including phenoxy) is 4. The summed E-state index contributed by atoms with van der Waals surface area (Å²) in [6.07, 6.45) is 2.47. The minimum absolute atomic E-state index is 0.177. The van der Waals surface area contributed by atoms with E-state index >= 15 is 0 Å². The zero-order valence-corrected chi connectivity index (χ0v) is 21.7. The van der Waals surface area contributed by atoms with Gasteiger partial charge >= 0.3 is 0 Å². The highest BCUT2D eigenvalue weighted by atomic mass is 35.5. The molecular formula is C28H25Cl2NO5. The average Bonchev–Trinajstić information content (AvgIpc) is 3.19. The molecule has 5 rings (SSSR count). The highest BCUT2D eigenvalue weighted by molar-refractivity contribution is 6.35. The van der Waals surface area contributed by atoms with Crippen LogP contribution in [0.1, 0.15) is 32.6 Å². The molecule has 0 bridgehead atoms. The Balaban J connectivity index is 1.33. The van der Waals surface area contributed by atoms with Crippen LogP contribution < -0.4 is 18.9 Å². The first kappa shape index (κ1) is 24.5. The van der Waals surface area contributed by atoms with Gasteiger partial charge in [0.25, 0.3) is 0 Å². The summed E-state index contributed by atoms with van der Waals surface area (Å²) in [5.74, 6) is 2.78. The largest absolute Gasteiger partial charge is 0.493 e. The molecule has 0 fully saturated rings. The van der Waals surface area contributed by atoms with E-state index in [0.29, 0.717) is 51.7 Å². The Morgan fingerprint density at radius 3 is 2.58 bits per heavy atom. The molecule has 0 aromatic heterocycles. The van der Waals surface area contributed by atoms with E-state index in [9.17, 15) is 4.79 Å². The molecule has 3 aromatic carbocycles. The van der Waals surface area contributed by atoms with E-state index in [1.54, 1.807) is 38.5 Å². The van der Waals surface area contributed by atoms with Crippen molar-refractivity contribution in [2.75, 3.05) is 27.5 Å². The van der Waals surface area contributed by atoms with E-state index in [2.05, 4.69) is 4.90 Å². The lowest BCUT2D eigenvalue weighted by Gasteiger charge is -2.30. The first-order valence-corrected chi connectivity index (χ1v) is 12.3. The Hall–Kier alpha value is -3.19. The van der Waals surface area contributed by atoms with Crippen molar-refractivity contribution in [1.29, 1.82) is 0 Å². The van der Waals surface area contributed by atoms with E-state index in [1.165, 1.54) is 0 Å². The normalized spacial score (nSPS) is 15.8. The molecule has 3 aromatic rings. The lowest BCUT2D eigenvalue weighted by molar-refractivity contribution is 0.0953. The number of ketones is 1. The fourth-order valence-electron chi connectivity index (χ4n) is 4.52. The van der Waals surface area contributed by atoms with Crippen molar-refractivity contribution in [1.82, 2.24) is 4.90 Å².